The minimum absolute atomic E-state index is 0.216. The number of rotatable bonds is 6. The Kier molecular flexibility index (Phi) is 7.50. The van der Waals surface area contributed by atoms with Gasteiger partial charge in [-0.25, -0.2) is 0 Å². The van der Waals surface area contributed by atoms with Gasteiger partial charge < -0.3 is 20.1 Å². The zero-order valence-corrected chi connectivity index (χ0v) is 16.3. The predicted octanol–water partition coefficient (Wildman–Crippen LogP) is 1.06. The molecule has 1 saturated heterocycles. The summed E-state index contributed by atoms with van der Waals surface area (Å²) in [4.78, 5) is 21.2. The van der Waals surface area contributed by atoms with Gasteiger partial charge >= 0.3 is 0 Å². The summed E-state index contributed by atoms with van der Waals surface area (Å²) in [5.74, 6) is 1.34. The molecule has 1 aromatic rings. The molecule has 150 valence electrons. The maximum atomic E-state index is 12.2. The molecule has 8 heteroatoms. The van der Waals surface area contributed by atoms with Gasteiger partial charge in [-0.1, -0.05) is 24.4 Å². The smallest absolute Gasteiger partial charge is 0.223 e. The van der Waals surface area contributed by atoms with Crippen LogP contribution in [0.25, 0.3) is 0 Å². The third-order valence-electron chi connectivity index (χ3n) is 5.44. The van der Waals surface area contributed by atoms with Crippen LogP contribution in [-0.4, -0.2) is 73.1 Å². The number of aromatic nitrogens is 1. The van der Waals surface area contributed by atoms with Crippen LogP contribution < -0.4 is 10.6 Å². The van der Waals surface area contributed by atoms with E-state index in [0.29, 0.717) is 13.1 Å². The van der Waals surface area contributed by atoms with Crippen LogP contribution >= 0.6 is 0 Å². The number of amides is 1. The van der Waals surface area contributed by atoms with E-state index in [1.54, 1.807) is 6.26 Å². The molecule has 2 N–H and O–H groups in total. The lowest BCUT2D eigenvalue weighted by Gasteiger charge is -2.36. The number of piperazine rings is 1. The van der Waals surface area contributed by atoms with Crippen LogP contribution in [-0.2, 0) is 11.3 Å². The Balaban J connectivity index is 1.33. The molecule has 2 fully saturated rings. The largest absolute Gasteiger partial charge is 0.364 e. The Labute approximate surface area is 161 Å². The van der Waals surface area contributed by atoms with Crippen molar-refractivity contribution in [3.63, 3.8) is 0 Å². The van der Waals surface area contributed by atoms with Gasteiger partial charge in [0.05, 0.1) is 5.69 Å². The predicted molar refractivity (Wildman–Crippen MR) is 104 cm³/mol. The summed E-state index contributed by atoms with van der Waals surface area (Å²) in [7, 11) is 1.81. The van der Waals surface area contributed by atoms with Crippen molar-refractivity contribution >= 4 is 11.9 Å². The quantitative estimate of drug-likeness (QED) is 0.439. The standard InChI is InChI=1S/C19H32N6O2/c1-20-19(22-9-8-21-18(26)16-5-3-2-4-6-16)25-12-10-24(11-13-25)15-17-7-14-27-23-17/h7,14,16H,2-6,8-13,15H2,1H3,(H,20,22)(H,21,26). The highest BCUT2D eigenvalue weighted by Gasteiger charge is 2.21. The molecule has 1 saturated carbocycles. The molecule has 1 aromatic heterocycles. The first-order chi connectivity index (χ1) is 13.3. The lowest BCUT2D eigenvalue weighted by molar-refractivity contribution is -0.125. The molecule has 27 heavy (non-hydrogen) atoms. The van der Waals surface area contributed by atoms with Gasteiger partial charge in [-0.05, 0) is 12.8 Å². The SMILES string of the molecule is CN=C(NCCNC(=O)C1CCCCC1)N1CCN(Cc2ccon2)CC1. The van der Waals surface area contributed by atoms with Crippen molar-refractivity contribution in [2.75, 3.05) is 46.3 Å². The van der Waals surface area contributed by atoms with Crippen LogP contribution in [0, 0.1) is 5.92 Å². The average Bonchev–Trinajstić information content (AvgIpc) is 3.22. The Morgan fingerprint density at radius 1 is 1.19 bits per heavy atom. The second-order valence-electron chi connectivity index (χ2n) is 7.35. The van der Waals surface area contributed by atoms with Crippen LogP contribution in [0.2, 0.25) is 0 Å². The first-order valence-corrected chi connectivity index (χ1v) is 10.1. The third-order valence-corrected chi connectivity index (χ3v) is 5.44. The molecule has 0 atom stereocenters. The normalized spacial score (nSPS) is 19.9. The van der Waals surface area contributed by atoms with Gasteiger partial charge in [-0.3, -0.25) is 14.7 Å². The van der Waals surface area contributed by atoms with Gasteiger partial charge in [-0.15, -0.1) is 0 Å². The number of aliphatic imine (C=N–C) groups is 1. The molecule has 1 aliphatic heterocycles. The molecule has 0 unspecified atom stereocenters. The topological polar surface area (TPSA) is 86.0 Å². The molecule has 1 amide bonds. The summed E-state index contributed by atoms with van der Waals surface area (Å²) in [6.07, 6.45) is 7.34. The van der Waals surface area contributed by atoms with E-state index in [-0.39, 0.29) is 11.8 Å². The lowest BCUT2D eigenvalue weighted by Crippen LogP contribution is -2.53. The number of nitrogens with one attached hydrogen (secondary N) is 2. The van der Waals surface area contributed by atoms with Gasteiger partial charge in [0, 0.05) is 64.8 Å². The molecule has 0 spiro atoms. The van der Waals surface area contributed by atoms with Crippen LogP contribution in [0.1, 0.15) is 37.8 Å². The zero-order chi connectivity index (χ0) is 18.9. The van der Waals surface area contributed by atoms with Crippen molar-refractivity contribution in [3.05, 3.63) is 18.0 Å². The van der Waals surface area contributed by atoms with Gasteiger partial charge in [0.1, 0.15) is 6.26 Å². The van der Waals surface area contributed by atoms with Gasteiger partial charge in [-0.2, -0.15) is 0 Å². The zero-order valence-electron chi connectivity index (χ0n) is 16.3. The number of carbonyl (C=O) groups is 1. The maximum Gasteiger partial charge on any atom is 0.223 e. The van der Waals surface area contributed by atoms with E-state index in [0.717, 1.165) is 57.2 Å². The molecular formula is C19H32N6O2. The maximum absolute atomic E-state index is 12.2. The fourth-order valence-corrected chi connectivity index (χ4v) is 3.87. The lowest BCUT2D eigenvalue weighted by atomic mass is 9.89. The summed E-state index contributed by atoms with van der Waals surface area (Å²) in [6.45, 7) is 5.93. The van der Waals surface area contributed by atoms with E-state index in [4.69, 9.17) is 4.52 Å². The molecule has 3 rings (SSSR count). The second-order valence-corrected chi connectivity index (χ2v) is 7.35. The number of hydrogen-bond acceptors (Lipinski definition) is 5. The minimum Gasteiger partial charge on any atom is -0.364 e. The Bertz CT molecular complexity index is 589. The summed E-state index contributed by atoms with van der Waals surface area (Å²) in [5, 5.41) is 10.4. The molecule has 0 bridgehead atoms. The third kappa shape index (κ3) is 5.95. The van der Waals surface area contributed by atoms with E-state index in [1.165, 1.54) is 19.3 Å². The highest BCUT2D eigenvalue weighted by atomic mass is 16.5. The molecule has 0 aromatic carbocycles. The number of carbonyl (C=O) groups excluding carboxylic acids is 1. The molecular weight excluding hydrogens is 344 g/mol. The van der Waals surface area contributed by atoms with Crippen LogP contribution in [0.4, 0.5) is 0 Å². The number of guanidine groups is 1. The summed E-state index contributed by atoms with van der Waals surface area (Å²) in [5.41, 5.74) is 0.972. The highest BCUT2D eigenvalue weighted by Crippen LogP contribution is 2.23. The summed E-state index contributed by atoms with van der Waals surface area (Å²) >= 11 is 0. The van der Waals surface area contributed by atoms with E-state index in [1.807, 2.05) is 13.1 Å². The van der Waals surface area contributed by atoms with Crippen molar-refractivity contribution in [1.29, 1.82) is 0 Å². The Morgan fingerprint density at radius 2 is 1.93 bits per heavy atom. The van der Waals surface area contributed by atoms with E-state index < -0.39 is 0 Å². The van der Waals surface area contributed by atoms with Crippen LogP contribution in [0.5, 0.6) is 0 Å². The van der Waals surface area contributed by atoms with Crippen molar-refractivity contribution in [2.45, 2.75) is 38.6 Å². The number of hydrogen-bond donors (Lipinski definition) is 2. The average molecular weight is 377 g/mol. The van der Waals surface area contributed by atoms with Crippen molar-refractivity contribution in [3.8, 4) is 0 Å². The Morgan fingerprint density at radius 3 is 2.59 bits per heavy atom. The first kappa shape index (κ1) is 19.7. The Hall–Kier alpha value is -2.09. The fraction of sp³-hybridized carbons (Fsp3) is 0.737. The molecule has 2 aliphatic rings. The van der Waals surface area contributed by atoms with Crippen molar-refractivity contribution in [1.82, 2.24) is 25.6 Å². The van der Waals surface area contributed by atoms with Gasteiger partial charge in [0.2, 0.25) is 5.91 Å². The van der Waals surface area contributed by atoms with E-state index >= 15 is 0 Å². The molecule has 0 radical (unpaired) electrons. The van der Waals surface area contributed by atoms with Crippen molar-refractivity contribution in [2.24, 2.45) is 10.9 Å². The van der Waals surface area contributed by atoms with E-state index in [2.05, 4.69) is 30.6 Å². The molecule has 8 nitrogen and oxygen atoms in total. The molecule has 1 aliphatic carbocycles. The number of nitrogens with zero attached hydrogens (tertiary/aromatic N) is 4. The monoisotopic (exact) mass is 376 g/mol. The van der Waals surface area contributed by atoms with E-state index in [9.17, 15) is 4.79 Å². The van der Waals surface area contributed by atoms with Crippen LogP contribution in [0.15, 0.2) is 21.8 Å². The van der Waals surface area contributed by atoms with Gasteiger partial charge in [0.25, 0.3) is 0 Å². The highest BCUT2D eigenvalue weighted by molar-refractivity contribution is 5.80. The summed E-state index contributed by atoms with van der Waals surface area (Å²) in [6, 6.07) is 1.91. The first-order valence-electron chi connectivity index (χ1n) is 10.1. The minimum atomic E-state index is 0.216. The second kappa shape index (κ2) is 10.3. The van der Waals surface area contributed by atoms with Crippen LogP contribution in [0.3, 0.4) is 0 Å². The summed E-state index contributed by atoms with van der Waals surface area (Å²) < 4.78 is 4.90. The fourth-order valence-electron chi connectivity index (χ4n) is 3.87. The van der Waals surface area contributed by atoms with Crippen molar-refractivity contribution < 1.29 is 9.32 Å². The van der Waals surface area contributed by atoms with Gasteiger partial charge in [0.15, 0.2) is 5.96 Å². The molecule has 2 heterocycles.